The van der Waals surface area contributed by atoms with Crippen molar-refractivity contribution in [3.8, 4) is 0 Å². The zero-order valence-corrected chi connectivity index (χ0v) is 19.1. The molecule has 0 unspecified atom stereocenters. The second-order valence-corrected chi connectivity index (χ2v) is 9.67. The molecule has 1 spiro atoms. The highest BCUT2D eigenvalue weighted by molar-refractivity contribution is 8.02. The molecule has 3 aromatic carbocycles. The molecule has 1 atom stereocenters. The van der Waals surface area contributed by atoms with Crippen LogP contribution in [-0.2, 0) is 21.0 Å². The number of carbonyl (C=O) groups is 2. The van der Waals surface area contributed by atoms with Gasteiger partial charge in [0, 0.05) is 31.9 Å². The summed E-state index contributed by atoms with van der Waals surface area (Å²) in [6.07, 6.45) is 0. The van der Waals surface area contributed by atoms with Crippen LogP contribution in [0.1, 0.15) is 11.1 Å². The summed E-state index contributed by atoms with van der Waals surface area (Å²) in [4.78, 5) is 29.1. The molecule has 3 aromatic rings. The van der Waals surface area contributed by atoms with Gasteiger partial charge in [-0.15, -0.1) is 11.8 Å². The van der Waals surface area contributed by atoms with E-state index in [1.165, 1.54) is 11.8 Å². The number of amides is 2. The summed E-state index contributed by atoms with van der Waals surface area (Å²) in [5.74, 6) is -0.132. The van der Waals surface area contributed by atoms with Crippen molar-refractivity contribution >= 4 is 69.8 Å². The van der Waals surface area contributed by atoms with E-state index in [2.05, 4.69) is 0 Å². The Morgan fingerprint density at radius 3 is 2.26 bits per heavy atom. The first-order valence-electron chi connectivity index (χ1n) is 9.50. The molecule has 156 valence electrons. The largest absolute Gasteiger partial charge is 0.304 e. The Morgan fingerprint density at radius 1 is 0.871 bits per heavy atom. The number of halogens is 3. The van der Waals surface area contributed by atoms with Crippen molar-refractivity contribution in [2.45, 2.75) is 11.4 Å². The van der Waals surface area contributed by atoms with Gasteiger partial charge in [0.2, 0.25) is 10.8 Å². The number of carbonyl (C=O) groups excluding carboxylic acids is 2. The minimum absolute atomic E-state index is 0.131. The quantitative estimate of drug-likeness (QED) is 0.444. The Kier molecular flexibility index (Phi) is 5.18. The summed E-state index contributed by atoms with van der Waals surface area (Å²) in [6, 6.07) is 19.8. The van der Waals surface area contributed by atoms with E-state index in [9.17, 15) is 9.59 Å². The maximum Gasteiger partial charge on any atom is 0.269 e. The van der Waals surface area contributed by atoms with Gasteiger partial charge in [0.25, 0.3) is 5.91 Å². The summed E-state index contributed by atoms with van der Waals surface area (Å²) in [5.41, 5.74) is 2.80. The lowest BCUT2D eigenvalue weighted by Crippen LogP contribution is -2.49. The fourth-order valence-electron chi connectivity index (χ4n) is 4.14. The fraction of sp³-hybridized carbons (Fsp3) is 0.130. The highest BCUT2D eigenvalue weighted by Gasteiger charge is 2.61. The molecule has 0 bridgehead atoms. The zero-order chi connectivity index (χ0) is 21.8. The molecule has 0 aliphatic carbocycles. The van der Waals surface area contributed by atoms with Crippen molar-refractivity contribution in [3.05, 3.63) is 92.9 Å². The molecule has 0 aromatic heterocycles. The van der Waals surface area contributed by atoms with Gasteiger partial charge in [-0.1, -0.05) is 59.1 Å². The molecule has 5 rings (SSSR count). The summed E-state index contributed by atoms with van der Waals surface area (Å²) >= 11 is 20.2. The van der Waals surface area contributed by atoms with Gasteiger partial charge < -0.3 is 4.90 Å². The third-order valence-electron chi connectivity index (χ3n) is 5.53. The molecule has 0 radical (unpaired) electrons. The van der Waals surface area contributed by atoms with E-state index in [4.69, 9.17) is 34.8 Å². The smallest absolute Gasteiger partial charge is 0.269 e. The summed E-state index contributed by atoms with van der Waals surface area (Å²) in [7, 11) is 0. The lowest BCUT2D eigenvalue weighted by Gasteiger charge is -2.33. The van der Waals surface area contributed by atoms with Gasteiger partial charge in [0.1, 0.15) is 0 Å². The van der Waals surface area contributed by atoms with Gasteiger partial charge in [0.15, 0.2) is 0 Å². The number of anilines is 2. The molecule has 2 heterocycles. The third kappa shape index (κ3) is 3.14. The van der Waals surface area contributed by atoms with Crippen LogP contribution in [0.15, 0.2) is 66.7 Å². The van der Waals surface area contributed by atoms with Gasteiger partial charge in [-0.3, -0.25) is 14.5 Å². The maximum atomic E-state index is 14.0. The van der Waals surface area contributed by atoms with E-state index >= 15 is 0 Å². The zero-order valence-electron chi connectivity index (χ0n) is 16.0. The monoisotopic (exact) mass is 488 g/mol. The average Bonchev–Trinajstić information content (AvgIpc) is 3.22. The van der Waals surface area contributed by atoms with Gasteiger partial charge in [0.05, 0.1) is 18.0 Å². The minimum atomic E-state index is -1.19. The van der Waals surface area contributed by atoms with Gasteiger partial charge in [-0.2, -0.15) is 0 Å². The Hall–Kier alpha value is -2.18. The van der Waals surface area contributed by atoms with E-state index in [0.717, 1.165) is 11.3 Å². The average molecular weight is 490 g/mol. The number of para-hydroxylation sites is 1. The first kappa shape index (κ1) is 20.7. The molecule has 0 N–H and O–H groups in total. The van der Waals surface area contributed by atoms with Crippen molar-refractivity contribution in [1.29, 1.82) is 0 Å². The predicted octanol–water partition coefficient (Wildman–Crippen LogP) is 6.13. The van der Waals surface area contributed by atoms with Crippen LogP contribution in [0, 0.1) is 0 Å². The van der Waals surface area contributed by atoms with Crippen molar-refractivity contribution < 1.29 is 9.59 Å². The van der Waals surface area contributed by atoms with Gasteiger partial charge >= 0.3 is 0 Å². The summed E-state index contributed by atoms with van der Waals surface area (Å²) in [6.45, 7) is 0.208. The molecule has 31 heavy (non-hydrogen) atoms. The Bertz CT molecular complexity index is 1200. The van der Waals surface area contributed by atoms with Gasteiger partial charge in [-0.25, -0.2) is 0 Å². The highest BCUT2D eigenvalue weighted by Crippen LogP contribution is 2.56. The first-order valence-corrected chi connectivity index (χ1v) is 11.6. The topological polar surface area (TPSA) is 40.6 Å². The molecular weight excluding hydrogens is 475 g/mol. The molecule has 1 saturated heterocycles. The first-order chi connectivity index (χ1) is 14.9. The number of hydrogen-bond acceptors (Lipinski definition) is 3. The predicted molar refractivity (Wildman–Crippen MR) is 127 cm³/mol. The van der Waals surface area contributed by atoms with E-state index in [0.29, 0.717) is 26.3 Å². The summed E-state index contributed by atoms with van der Waals surface area (Å²) in [5, 5.41) is 1.54. The number of rotatable bonds is 3. The molecular formula is C23H15Cl3N2O2S. The third-order valence-corrected chi connectivity index (χ3v) is 7.87. The van der Waals surface area contributed by atoms with E-state index in [-0.39, 0.29) is 24.1 Å². The second kappa shape index (κ2) is 7.75. The van der Waals surface area contributed by atoms with Crippen LogP contribution in [0.25, 0.3) is 0 Å². The summed E-state index contributed by atoms with van der Waals surface area (Å²) < 4.78 is 0. The van der Waals surface area contributed by atoms with E-state index < -0.39 is 4.87 Å². The van der Waals surface area contributed by atoms with E-state index in [1.54, 1.807) is 52.3 Å². The second-order valence-electron chi connectivity index (χ2n) is 7.25. The van der Waals surface area contributed by atoms with Crippen LogP contribution >= 0.6 is 46.6 Å². The van der Waals surface area contributed by atoms with Crippen molar-refractivity contribution in [1.82, 2.24) is 0 Å². The number of fused-ring (bicyclic) bond motifs is 2. The Morgan fingerprint density at radius 2 is 1.55 bits per heavy atom. The Balaban J connectivity index is 1.65. The lowest BCUT2D eigenvalue weighted by atomic mass is 10.0. The number of benzene rings is 3. The van der Waals surface area contributed by atoms with Crippen LogP contribution in [0.3, 0.4) is 0 Å². The van der Waals surface area contributed by atoms with Crippen LogP contribution in [0.4, 0.5) is 11.4 Å². The Labute approximate surface area is 198 Å². The van der Waals surface area contributed by atoms with Crippen LogP contribution in [0.2, 0.25) is 15.1 Å². The van der Waals surface area contributed by atoms with Crippen molar-refractivity contribution in [3.63, 3.8) is 0 Å². The minimum Gasteiger partial charge on any atom is -0.304 e. The molecule has 2 aliphatic heterocycles. The molecule has 2 aliphatic rings. The number of hydrogen-bond donors (Lipinski definition) is 0. The van der Waals surface area contributed by atoms with Crippen LogP contribution < -0.4 is 9.80 Å². The van der Waals surface area contributed by atoms with Gasteiger partial charge in [-0.05, 0) is 42.5 Å². The van der Waals surface area contributed by atoms with Crippen LogP contribution in [0.5, 0.6) is 0 Å². The maximum absolute atomic E-state index is 14.0. The normalized spacial score (nSPS) is 20.1. The van der Waals surface area contributed by atoms with Crippen molar-refractivity contribution in [2.75, 3.05) is 15.6 Å². The molecule has 4 nitrogen and oxygen atoms in total. The molecule has 8 heteroatoms. The molecule has 2 amide bonds. The fourth-order valence-corrected chi connectivity index (χ4v) is 6.15. The van der Waals surface area contributed by atoms with Crippen molar-refractivity contribution in [2.24, 2.45) is 0 Å². The highest BCUT2D eigenvalue weighted by atomic mass is 35.5. The number of nitrogens with zero attached hydrogens (tertiary/aromatic N) is 2. The molecule has 0 saturated carbocycles. The number of thioether (sulfide) groups is 1. The standard InChI is InChI=1S/C23H15Cl3N2O2S/c24-14-8-10-15(11-9-14)28-21(29)13-31-23(28)17-4-1-2-7-20(17)27(22(23)30)12-16-18(25)5-3-6-19(16)26/h1-11H,12-13H2/t23-/m0/s1. The molecule has 1 fully saturated rings. The lowest BCUT2D eigenvalue weighted by molar-refractivity contribution is -0.123. The van der Waals surface area contributed by atoms with Crippen LogP contribution in [-0.4, -0.2) is 17.6 Å². The SMILES string of the molecule is O=C1CS[C@@]2(C(=O)N(Cc3c(Cl)cccc3Cl)c3ccccc32)N1c1ccc(Cl)cc1. The van der Waals surface area contributed by atoms with E-state index in [1.807, 2.05) is 24.3 Å².